The van der Waals surface area contributed by atoms with E-state index >= 15 is 0 Å². The molecule has 0 saturated carbocycles. The normalized spacial score (nSPS) is 10.9. The number of pyridine rings is 1. The molecule has 1 aromatic carbocycles. The summed E-state index contributed by atoms with van der Waals surface area (Å²) < 4.78 is 21.1. The number of fused-ring (bicyclic) bond motifs is 1. The number of carbonyl (C=O) groups excluding carboxylic acids is 1. The van der Waals surface area contributed by atoms with Gasteiger partial charge in [0, 0.05) is 7.05 Å². The van der Waals surface area contributed by atoms with Gasteiger partial charge >= 0.3 is 5.97 Å². The highest BCUT2D eigenvalue weighted by atomic mass is 19.1. The van der Waals surface area contributed by atoms with E-state index in [9.17, 15) is 14.0 Å². The summed E-state index contributed by atoms with van der Waals surface area (Å²) in [4.78, 5) is 29.0. The fraction of sp³-hybridized carbons (Fsp3) is 0.188. The number of aryl methyl sites for hydroxylation is 1. The standard InChI is InChI=1S/C16H14FN3O3/c1-3-23-16(22)12-8-13-14(19(2)9-18-13)20(15(12)21)11-6-4-10(17)5-7-11/h4-9H,3H2,1-2H3. The Morgan fingerprint density at radius 2 is 2.00 bits per heavy atom. The first-order chi connectivity index (χ1) is 11.0. The van der Waals surface area contributed by atoms with Crippen molar-refractivity contribution in [2.24, 2.45) is 7.05 Å². The fourth-order valence-corrected chi connectivity index (χ4v) is 2.42. The highest BCUT2D eigenvalue weighted by Crippen LogP contribution is 2.17. The molecule has 3 aromatic rings. The van der Waals surface area contributed by atoms with Crippen molar-refractivity contribution in [3.05, 3.63) is 58.4 Å². The summed E-state index contributed by atoms with van der Waals surface area (Å²) in [7, 11) is 1.73. The maximum atomic E-state index is 13.2. The summed E-state index contributed by atoms with van der Waals surface area (Å²) in [6.45, 7) is 1.82. The van der Waals surface area contributed by atoms with Crippen LogP contribution >= 0.6 is 0 Å². The molecule has 0 N–H and O–H groups in total. The summed E-state index contributed by atoms with van der Waals surface area (Å²) in [6.07, 6.45) is 1.54. The van der Waals surface area contributed by atoms with Crippen LogP contribution in [0.1, 0.15) is 17.3 Å². The van der Waals surface area contributed by atoms with Crippen LogP contribution in [-0.4, -0.2) is 26.7 Å². The van der Waals surface area contributed by atoms with Crippen molar-refractivity contribution in [2.45, 2.75) is 6.92 Å². The van der Waals surface area contributed by atoms with E-state index in [2.05, 4.69) is 4.98 Å². The molecule has 0 radical (unpaired) electrons. The van der Waals surface area contributed by atoms with Crippen molar-refractivity contribution in [2.75, 3.05) is 6.61 Å². The van der Waals surface area contributed by atoms with E-state index in [4.69, 9.17) is 4.74 Å². The Labute approximate surface area is 130 Å². The summed E-state index contributed by atoms with van der Waals surface area (Å²) in [5.41, 5.74) is 0.777. The maximum Gasteiger partial charge on any atom is 0.343 e. The van der Waals surface area contributed by atoms with Gasteiger partial charge in [-0.05, 0) is 37.3 Å². The van der Waals surface area contributed by atoms with Gasteiger partial charge in [0.05, 0.1) is 18.6 Å². The van der Waals surface area contributed by atoms with Crippen LogP contribution in [0.2, 0.25) is 0 Å². The van der Waals surface area contributed by atoms with E-state index in [1.54, 1.807) is 24.9 Å². The summed E-state index contributed by atoms with van der Waals surface area (Å²) in [5.74, 6) is -1.12. The zero-order chi connectivity index (χ0) is 16.6. The third-order valence-electron chi connectivity index (χ3n) is 3.44. The largest absolute Gasteiger partial charge is 0.462 e. The molecule has 0 saturated heterocycles. The Bertz CT molecular complexity index is 942. The fourth-order valence-electron chi connectivity index (χ4n) is 2.42. The SMILES string of the molecule is CCOC(=O)c1cc2ncn(C)c2n(-c2ccc(F)cc2)c1=O. The van der Waals surface area contributed by atoms with Crippen molar-refractivity contribution < 1.29 is 13.9 Å². The number of nitrogens with zero attached hydrogens (tertiary/aromatic N) is 3. The van der Waals surface area contributed by atoms with E-state index in [1.807, 2.05) is 0 Å². The van der Waals surface area contributed by atoms with Gasteiger partial charge in [-0.25, -0.2) is 14.2 Å². The lowest BCUT2D eigenvalue weighted by molar-refractivity contribution is 0.0524. The molecular formula is C16H14FN3O3. The van der Waals surface area contributed by atoms with E-state index in [-0.39, 0.29) is 12.2 Å². The van der Waals surface area contributed by atoms with Gasteiger partial charge in [-0.2, -0.15) is 0 Å². The molecule has 23 heavy (non-hydrogen) atoms. The van der Waals surface area contributed by atoms with Crippen LogP contribution in [-0.2, 0) is 11.8 Å². The van der Waals surface area contributed by atoms with Crippen LogP contribution in [0.25, 0.3) is 16.9 Å². The number of rotatable bonds is 3. The monoisotopic (exact) mass is 315 g/mol. The molecular weight excluding hydrogens is 301 g/mol. The van der Waals surface area contributed by atoms with Gasteiger partial charge in [0.2, 0.25) is 0 Å². The Morgan fingerprint density at radius 3 is 2.65 bits per heavy atom. The van der Waals surface area contributed by atoms with Gasteiger partial charge in [-0.1, -0.05) is 0 Å². The predicted molar refractivity (Wildman–Crippen MR) is 82.2 cm³/mol. The van der Waals surface area contributed by atoms with Crippen molar-refractivity contribution in [1.82, 2.24) is 14.1 Å². The van der Waals surface area contributed by atoms with Crippen LogP contribution in [0, 0.1) is 5.82 Å². The number of hydrogen-bond donors (Lipinski definition) is 0. The van der Waals surface area contributed by atoms with E-state index < -0.39 is 17.3 Å². The number of halogens is 1. The van der Waals surface area contributed by atoms with Gasteiger partial charge < -0.3 is 9.30 Å². The Balaban J connectivity index is 2.35. The lowest BCUT2D eigenvalue weighted by Crippen LogP contribution is -2.27. The minimum Gasteiger partial charge on any atom is -0.462 e. The molecule has 118 valence electrons. The molecule has 0 aliphatic carbocycles. The highest BCUT2D eigenvalue weighted by Gasteiger charge is 2.19. The smallest absolute Gasteiger partial charge is 0.343 e. The molecule has 7 heteroatoms. The van der Waals surface area contributed by atoms with Crippen molar-refractivity contribution in [3.63, 3.8) is 0 Å². The molecule has 6 nitrogen and oxygen atoms in total. The number of imidazole rings is 1. The minimum atomic E-state index is -0.707. The summed E-state index contributed by atoms with van der Waals surface area (Å²) >= 11 is 0. The number of hydrogen-bond acceptors (Lipinski definition) is 4. The maximum absolute atomic E-state index is 13.2. The van der Waals surface area contributed by atoms with Crippen LogP contribution in [0.15, 0.2) is 41.5 Å². The van der Waals surface area contributed by atoms with E-state index in [0.29, 0.717) is 16.9 Å². The second-order valence-corrected chi connectivity index (χ2v) is 4.96. The lowest BCUT2D eigenvalue weighted by Gasteiger charge is -2.11. The molecule has 0 atom stereocenters. The average molecular weight is 315 g/mol. The number of carbonyl (C=O) groups is 1. The molecule has 0 bridgehead atoms. The average Bonchev–Trinajstić information content (AvgIpc) is 2.89. The molecule has 2 aromatic heterocycles. The first-order valence-corrected chi connectivity index (χ1v) is 7.03. The first kappa shape index (κ1) is 15.0. The number of esters is 1. The second kappa shape index (κ2) is 5.68. The second-order valence-electron chi connectivity index (χ2n) is 4.96. The topological polar surface area (TPSA) is 66.1 Å². The zero-order valence-electron chi connectivity index (χ0n) is 12.6. The van der Waals surface area contributed by atoms with Crippen molar-refractivity contribution >= 4 is 17.1 Å². The molecule has 0 aliphatic heterocycles. The van der Waals surface area contributed by atoms with Gasteiger partial charge in [0.15, 0.2) is 0 Å². The summed E-state index contributed by atoms with van der Waals surface area (Å²) in [5, 5.41) is 0. The van der Waals surface area contributed by atoms with Crippen LogP contribution in [0.4, 0.5) is 4.39 Å². The van der Waals surface area contributed by atoms with Crippen LogP contribution in [0.3, 0.4) is 0 Å². The zero-order valence-corrected chi connectivity index (χ0v) is 12.6. The third-order valence-corrected chi connectivity index (χ3v) is 3.44. The Hall–Kier alpha value is -2.96. The molecule has 0 aliphatic rings. The Morgan fingerprint density at radius 1 is 1.30 bits per heavy atom. The van der Waals surface area contributed by atoms with E-state index in [0.717, 1.165) is 0 Å². The predicted octanol–water partition coefficient (Wildman–Crippen LogP) is 2.04. The number of aromatic nitrogens is 3. The van der Waals surface area contributed by atoms with Gasteiger partial charge in [0.25, 0.3) is 5.56 Å². The lowest BCUT2D eigenvalue weighted by atomic mass is 10.2. The number of benzene rings is 1. The highest BCUT2D eigenvalue weighted by molar-refractivity contribution is 5.92. The minimum absolute atomic E-state index is 0.109. The quantitative estimate of drug-likeness (QED) is 0.694. The van der Waals surface area contributed by atoms with Gasteiger partial charge in [0.1, 0.15) is 22.5 Å². The number of ether oxygens (including phenoxy) is 1. The molecule has 0 fully saturated rings. The van der Waals surface area contributed by atoms with Crippen molar-refractivity contribution in [1.29, 1.82) is 0 Å². The molecule has 2 heterocycles. The molecule has 0 amide bonds. The summed E-state index contributed by atoms with van der Waals surface area (Å²) in [6, 6.07) is 6.86. The molecule has 0 unspecified atom stereocenters. The van der Waals surface area contributed by atoms with Gasteiger partial charge in [-0.3, -0.25) is 9.36 Å². The van der Waals surface area contributed by atoms with Crippen LogP contribution < -0.4 is 5.56 Å². The Kier molecular flexibility index (Phi) is 3.69. The van der Waals surface area contributed by atoms with Gasteiger partial charge in [-0.15, -0.1) is 0 Å². The molecule has 0 spiro atoms. The van der Waals surface area contributed by atoms with E-state index in [1.165, 1.54) is 34.9 Å². The first-order valence-electron chi connectivity index (χ1n) is 7.03. The third kappa shape index (κ3) is 2.50. The molecule has 3 rings (SSSR count). The van der Waals surface area contributed by atoms with Crippen LogP contribution in [0.5, 0.6) is 0 Å². The van der Waals surface area contributed by atoms with Crippen molar-refractivity contribution in [3.8, 4) is 5.69 Å².